The van der Waals surface area contributed by atoms with Gasteiger partial charge in [-0.2, -0.15) is 4.31 Å². The molecule has 2 heterocycles. The molecule has 4 rings (SSSR count). The Labute approximate surface area is 220 Å². The molecule has 1 N–H and O–H groups in total. The number of carbonyl (C=O) groups is 2. The van der Waals surface area contributed by atoms with Gasteiger partial charge in [-0.25, -0.2) is 13.4 Å². The molecule has 2 aliphatic rings. The minimum atomic E-state index is -4.08. The summed E-state index contributed by atoms with van der Waals surface area (Å²) >= 11 is 1.34. The molecule has 2 atom stereocenters. The van der Waals surface area contributed by atoms with Gasteiger partial charge in [0.25, 0.3) is 5.69 Å². The highest BCUT2D eigenvalue weighted by Gasteiger charge is 2.38. The second kappa shape index (κ2) is 11.8. The standard InChI is InChI=1S/C25H32N4O6S2/c1-17-7-8-21(29(32)33)15-23(17)37(34,35)28-11-9-19(22(30)16-28)14-20(13-18-5-3-2-4-6-18)24(31)27-25-26-10-12-36-25/h7-8,10,12,15,18-20H,2-6,9,11,13-14,16H2,1H3,(H,26,27,31)/t19?,20-/m1/s1. The number of thiazole rings is 1. The SMILES string of the molecule is Cc1ccc([N+](=O)[O-])cc1S(=O)(=O)N1CCC(C[C@@H](CC2CCCCC2)C(=O)Nc2nccs2)C(=O)C1. The maximum atomic E-state index is 13.3. The summed E-state index contributed by atoms with van der Waals surface area (Å²) in [5.74, 6) is -0.714. The zero-order valence-electron chi connectivity index (χ0n) is 20.8. The van der Waals surface area contributed by atoms with Gasteiger partial charge in [0.1, 0.15) is 0 Å². The van der Waals surface area contributed by atoms with Crippen molar-refractivity contribution < 1.29 is 22.9 Å². The number of anilines is 1. The third kappa shape index (κ3) is 6.60. The predicted molar refractivity (Wildman–Crippen MR) is 140 cm³/mol. The van der Waals surface area contributed by atoms with Crippen LogP contribution in [0.1, 0.15) is 56.9 Å². The lowest BCUT2D eigenvalue weighted by atomic mass is 9.78. The van der Waals surface area contributed by atoms with Crippen LogP contribution in [0.25, 0.3) is 0 Å². The fourth-order valence-corrected chi connectivity index (χ4v) is 7.59. The molecule has 1 unspecified atom stereocenters. The number of benzene rings is 1. The first-order valence-electron chi connectivity index (χ1n) is 12.6. The van der Waals surface area contributed by atoms with Crippen molar-refractivity contribution in [2.45, 2.75) is 63.2 Å². The second-order valence-corrected chi connectivity index (χ2v) is 12.8. The Kier molecular flexibility index (Phi) is 8.71. The Balaban J connectivity index is 1.46. The number of aromatic nitrogens is 1. The first-order valence-corrected chi connectivity index (χ1v) is 15.0. The highest BCUT2D eigenvalue weighted by atomic mass is 32.2. The first-order chi connectivity index (χ1) is 17.6. The van der Waals surface area contributed by atoms with E-state index in [0.717, 1.165) is 36.1 Å². The summed E-state index contributed by atoms with van der Waals surface area (Å²) in [7, 11) is -4.08. The minimum absolute atomic E-state index is 0.116. The number of ketones is 1. The van der Waals surface area contributed by atoms with Crippen LogP contribution in [0.4, 0.5) is 10.8 Å². The number of piperidine rings is 1. The zero-order valence-corrected chi connectivity index (χ0v) is 22.4. The number of nitrogens with zero attached hydrogens (tertiary/aromatic N) is 3. The van der Waals surface area contributed by atoms with Crippen molar-refractivity contribution >= 4 is 43.9 Å². The third-order valence-electron chi connectivity index (χ3n) is 7.46. The number of nitrogens with one attached hydrogen (secondary N) is 1. The van der Waals surface area contributed by atoms with Crippen LogP contribution in [0.5, 0.6) is 0 Å². The van der Waals surface area contributed by atoms with Gasteiger partial charge in [-0.05, 0) is 37.7 Å². The van der Waals surface area contributed by atoms with E-state index in [1.54, 1.807) is 18.5 Å². The number of Topliss-reactive ketones (excluding diaryl/α,β-unsaturated/α-hetero) is 1. The summed E-state index contributed by atoms with van der Waals surface area (Å²) in [5, 5.41) is 16.4. The van der Waals surface area contributed by atoms with Crippen LogP contribution in [-0.4, -0.2) is 47.4 Å². The number of sulfonamides is 1. The maximum absolute atomic E-state index is 13.3. The summed E-state index contributed by atoms with van der Waals surface area (Å²) in [6.07, 6.45) is 8.67. The van der Waals surface area contributed by atoms with Crippen LogP contribution < -0.4 is 5.32 Å². The summed E-state index contributed by atoms with van der Waals surface area (Å²) < 4.78 is 27.7. The second-order valence-electron chi connectivity index (χ2n) is 10.00. The highest BCUT2D eigenvalue weighted by Crippen LogP contribution is 2.35. The average Bonchev–Trinajstić information content (AvgIpc) is 3.38. The summed E-state index contributed by atoms with van der Waals surface area (Å²) in [5.41, 5.74) is 0.0637. The van der Waals surface area contributed by atoms with Crippen LogP contribution in [0.2, 0.25) is 0 Å². The van der Waals surface area contributed by atoms with Crippen molar-refractivity contribution in [3.63, 3.8) is 0 Å². The van der Waals surface area contributed by atoms with E-state index < -0.39 is 20.9 Å². The van der Waals surface area contributed by atoms with E-state index in [4.69, 9.17) is 0 Å². The topological polar surface area (TPSA) is 140 Å². The Morgan fingerprint density at radius 1 is 1.24 bits per heavy atom. The lowest BCUT2D eigenvalue weighted by Crippen LogP contribution is -2.45. The normalized spacial score (nSPS) is 20.5. The molecule has 1 aromatic carbocycles. The van der Waals surface area contributed by atoms with E-state index in [9.17, 15) is 28.1 Å². The molecule has 37 heavy (non-hydrogen) atoms. The van der Waals surface area contributed by atoms with Crippen molar-refractivity contribution in [2.24, 2.45) is 17.8 Å². The molecule has 0 radical (unpaired) electrons. The van der Waals surface area contributed by atoms with E-state index in [1.807, 2.05) is 0 Å². The van der Waals surface area contributed by atoms with Gasteiger partial charge in [0, 0.05) is 42.1 Å². The molecule has 1 aliphatic carbocycles. The average molecular weight is 549 g/mol. The lowest BCUT2D eigenvalue weighted by Gasteiger charge is -2.33. The van der Waals surface area contributed by atoms with Gasteiger partial charge in [0.15, 0.2) is 10.9 Å². The monoisotopic (exact) mass is 548 g/mol. The van der Waals surface area contributed by atoms with Gasteiger partial charge in [-0.3, -0.25) is 19.7 Å². The fraction of sp³-hybridized carbons (Fsp3) is 0.560. The quantitative estimate of drug-likeness (QED) is 0.358. The number of hydrogen-bond donors (Lipinski definition) is 1. The van der Waals surface area contributed by atoms with Crippen molar-refractivity contribution in [3.8, 4) is 0 Å². The molecule has 2 aromatic rings. The molecule has 10 nitrogen and oxygen atoms in total. The number of nitro groups is 1. The van der Waals surface area contributed by atoms with Crippen LogP contribution in [0.3, 0.4) is 0 Å². The molecule has 2 fully saturated rings. The minimum Gasteiger partial charge on any atom is -0.302 e. The maximum Gasteiger partial charge on any atom is 0.270 e. The Bertz CT molecular complexity index is 1240. The molecule has 1 saturated heterocycles. The molecule has 1 saturated carbocycles. The first kappa shape index (κ1) is 27.3. The molecule has 1 aromatic heterocycles. The molecule has 12 heteroatoms. The summed E-state index contributed by atoms with van der Waals surface area (Å²) in [6, 6.07) is 3.70. The van der Waals surface area contributed by atoms with E-state index in [-0.39, 0.29) is 41.3 Å². The molecule has 1 amide bonds. The van der Waals surface area contributed by atoms with E-state index in [0.29, 0.717) is 35.9 Å². The summed E-state index contributed by atoms with van der Waals surface area (Å²) in [4.78, 5) is 40.8. The molecule has 200 valence electrons. The predicted octanol–water partition coefficient (Wildman–Crippen LogP) is 4.55. The molecule has 1 aliphatic heterocycles. The third-order valence-corrected chi connectivity index (χ3v) is 10.1. The molecule has 0 bridgehead atoms. The van der Waals surface area contributed by atoms with Gasteiger partial charge >= 0.3 is 0 Å². The Morgan fingerprint density at radius 3 is 2.65 bits per heavy atom. The Morgan fingerprint density at radius 2 is 2.00 bits per heavy atom. The largest absolute Gasteiger partial charge is 0.302 e. The number of hydrogen-bond acceptors (Lipinski definition) is 8. The van der Waals surface area contributed by atoms with E-state index in [1.165, 1.54) is 29.9 Å². The van der Waals surface area contributed by atoms with Crippen LogP contribution in [0.15, 0.2) is 34.7 Å². The number of carbonyl (C=O) groups excluding carboxylic acids is 2. The van der Waals surface area contributed by atoms with Gasteiger partial charge in [0.2, 0.25) is 15.9 Å². The number of non-ortho nitro benzene ring substituents is 1. The molecular weight excluding hydrogens is 516 g/mol. The van der Waals surface area contributed by atoms with Crippen LogP contribution >= 0.6 is 11.3 Å². The Hall–Kier alpha value is -2.70. The summed E-state index contributed by atoms with van der Waals surface area (Å²) in [6.45, 7) is 1.38. The van der Waals surface area contributed by atoms with E-state index in [2.05, 4.69) is 10.3 Å². The highest BCUT2D eigenvalue weighted by molar-refractivity contribution is 7.89. The van der Waals surface area contributed by atoms with Gasteiger partial charge < -0.3 is 5.32 Å². The van der Waals surface area contributed by atoms with Crippen molar-refractivity contribution in [2.75, 3.05) is 18.4 Å². The number of aryl methyl sites for hydroxylation is 1. The van der Waals surface area contributed by atoms with Crippen LogP contribution in [0, 0.1) is 34.8 Å². The van der Waals surface area contributed by atoms with Gasteiger partial charge in [-0.15, -0.1) is 11.3 Å². The molecular formula is C25H32N4O6S2. The van der Waals surface area contributed by atoms with Crippen molar-refractivity contribution in [3.05, 3.63) is 45.5 Å². The van der Waals surface area contributed by atoms with Crippen molar-refractivity contribution in [1.29, 1.82) is 0 Å². The van der Waals surface area contributed by atoms with Gasteiger partial charge in [0.05, 0.1) is 16.4 Å². The van der Waals surface area contributed by atoms with E-state index >= 15 is 0 Å². The van der Waals surface area contributed by atoms with Crippen LogP contribution in [-0.2, 0) is 19.6 Å². The zero-order chi connectivity index (χ0) is 26.6. The number of rotatable bonds is 9. The van der Waals surface area contributed by atoms with Crippen molar-refractivity contribution in [1.82, 2.24) is 9.29 Å². The lowest BCUT2D eigenvalue weighted by molar-refractivity contribution is -0.385. The fourth-order valence-electron chi connectivity index (χ4n) is 5.39. The smallest absolute Gasteiger partial charge is 0.270 e. The van der Waals surface area contributed by atoms with Gasteiger partial charge in [-0.1, -0.05) is 38.2 Å². The number of amides is 1. The molecule has 0 spiro atoms. The number of nitro benzene ring substituents is 1.